The van der Waals surface area contributed by atoms with Gasteiger partial charge >= 0.3 is 0 Å². The second kappa shape index (κ2) is 5.62. The third-order valence-corrected chi connectivity index (χ3v) is 3.46. The highest BCUT2D eigenvalue weighted by Crippen LogP contribution is 2.26. The molecule has 0 spiro atoms. The largest absolute Gasteiger partial charge is 0.363 e. The van der Waals surface area contributed by atoms with Crippen molar-refractivity contribution in [2.24, 2.45) is 0 Å². The molecule has 0 aliphatic heterocycles. The monoisotopic (exact) mass is 274 g/mol. The Labute approximate surface area is 119 Å². The van der Waals surface area contributed by atoms with Gasteiger partial charge in [-0.05, 0) is 56.5 Å². The van der Waals surface area contributed by atoms with Gasteiger partial charge in [-0.1, -0.05) is 35.4 Å². The quantitative estimate of drug-likeness (QED) is 0.811. The van der Waals surface area contributed by atoms with E-state index in [1.165, 1.54) is 22.3 Å². The van der Waals surface area contributed by atoms with Crippen LogP contribution in [0.15, 0.2) is 30.3 Å². The summed E-state index contributed by atoms with van der Waals surface area (Å²) >= 11 is 5.91. The van der Waals surface area contributed by atoms with Crippen molar-refractivity contribution in [2.45, 2.75) is 33.7 Å². The SMILES string of the molecule is Cc1cc(C)c(C(C)Nc2cccc(Cl)n2)c(C)c1. The number of benzene rings is 1. The van der Waals surface area contributed by atoms with Crippen LogP contribution in [0.5, 0.6) is 0 Å². The summed E-state index contributed by atoms with van der Waals surface area (Å²) in [6, 6.07) is 10.2. The van der Waals surface area contributed by atoms with E-state index < -0.39 is 0 Å². The van der Waals surface area contributed by atoms with Gasteiger partial charge in [-0.15, -0.1) is 0 Å². The minimum atomic E-state index is 0.201. The maximum absolute atomic E-state index is 5.91. The second-order valence-corrected chi connectivity index (χ2v) is 5.41. The average molecular weight is 275 g/mol. The van der Waals surface area contributed by atoms with Crippen LogP contribution in [0.3, 0.4) is 0 Å². The van der Waals surface area contributed by atoms with E-state index in [1.54, 1.807) is 6.07 Å². The summed E-state index contributed by atoms with van der Waals surface area (Å²) in [5.74, 6) is 0.805. The number of hydrogen-bond acceptors (Lipinski definition) is 2. The van der Waals surface area contributed by atoms with Crippen LogP contribution in [-0.2, 0) is 0 Å². The van der Waals surface area contributed by atoms with Gasteiger partial charge in [0.1, 0.15) is 11.0 Å². The molecule has 19 heavy (non-hydrogen) atoms. The summed E-state index contributed by atoms with van der Waals surface area (Å²) < 4.78 is 0. The van der Waals surface area contributed by atoms with Crippen LogP contribution >= 0.6 is 11.6 Å². The van der Waals surface area contributed by atoms with Crippen molar-refractivity contribution < 1.29 is 0 Å². The molecular formula is C16H19ClN2. The predicted octanol–water partition coefficient (Wildman–Crippen LogP) is 4.83. The third-order valence-electron chi connectivity index (χ3n) is 3.25. The summed E-state index contributed by atoms with van der Waals surface area (Å²) in [5, 5.41) is 3.91. The molecule has 3 heteroatoms. The Kier molecular flexibility index (Phi) is 4.11. The van der Waals surface area contributed by atoms with Crippen molar-refractivity contribution in [2.75, 3.05) is 5.32 Å². The highest BCUT2D eigenvalue weighted by Gasteiger charge is 2.12. The van der Waals surface area contributed by atoms with Gasteiger partial charge in [-0.3, -0.25) is 0 Å². The van der Waals surface area contributed by atoms with Gasteiger partial charge in [-0.25, -0.2) is 4.98 Å². The number of aryl methyl sites for hydroxylation is 3. The molecule has 1 N–H and O–H groups in total. The van der Waals surface area contributed by atoms with Gasteiger partial charge in [0.2, 0.25) is 0 Å². The minimum absolute atomic E-state index is 0.201. The second-order valence-electron chi connectivity index (χ2n) is 5.02. The van der Waals surface area contributed by atoms with E-state index in [-0.39, 0.29) is 6.04 Å². The summed E-state index contributed by atoms with van der Waals surface area (Å²) in [7, 11) is 0. The first-order valence-corrected chi connectivity index (χ1v) is 6.82. The Morgan fingerprint density at radius 3 is 2.32 bits per heavy atom. The number of nitrogens with one attached hydrogen (secondary N) is 1. The van der Waals surface area contributed by atoms with Crippen LogP contribution in [0.1, 0.15) is 35.2 Å². The van der Waals surface area contributed by atoms with Crippen molar-refractivity contribution in [3.8, 4) is 0 Å². The lowest BCUT2D eigenvalue weighted by atomic mass is 9.95. The predicted molar refractivity (Wildman–Crippen MR) is 81.9 cm³/mol. The zero-order chi connectivity index (χ0) is 14.0. The standard InChI is InChI=1S/C16H19ClN2/c1-10-8-11(2)16(12(3)9-10)13(4)18-15-7-5-6-14(17)19-15/h5-9,13H,1-4H3,(H,18,19). The zero-order valence-corrected chi connectivity index (χ0v) is 12.5. The van der Waals surface area contributed by atoms with E-state index in [0.29, 0.717) is 5.15 Å². The Bertz CT molecular complexity index is 570. The Morgan fingerprint density at radius 2 is 1.74 bits per heavy atom. The summed E-state index contributed by atoms with van der Waals surface area (Å²) in [6.45, 7) is 8.57. The van der Waals surface area contributed by atoms with Crippen LogP contribution in [0, 0.1) is 20.8 Å². The fourth-order valence-corrected chi connectivity index (χ4v) is 2.82. The van der Waals surface area contributed by atoms with Crippen molar-refractivity contribution >= 4 is 17.4 Å². The normalized spacial score (nSPS) is 12.3. The molecular weight excluding hydrogens is 256 g/mol. The first-order chi connectivity index (χ1) is 8.97. The van der Waals surface area contributed by atoms with Gasteiger partial charge < -0.3 is 5.32 Å². The first-order valence-electron chi connectivity index (χ1n) is 6.44. The Morgan fingerprint density at radius 1 is 1.11 bits per heavy atom. The molecule has 0 bridgehead atoms. The van der Waals surface area contributed by atoms with Crippen molar-refractivity contribution in [3.63, 3.8) is 0 Å². The fourth-order valence-electron chi connectivity index (χ4n) is 2.66. The van der Waals surface area contributed by atoms with Crippen LogP contribution in [0.25, 0.3) is 0 Å². The van der Waals surface area contributed by atoms with E-state index in [9.17, 15) is 0 Å². The van der Waals surface area contributed by atoms with E-state index in [0.717, 1.165) is 5.82 Å². The van der Waals surface area contributed by atoms with Crippen molar-refractivity contribution in [1.82, 2.24) is 4.98 Å². The maximum Gasteiger partial charge on any atom is 0.131 e. The summed E-state index contributed by atoms with van der Waals surface area (Å²) in [6.07, 6.45) is 0. The maximum atomic E-state index is 5.91. The van der Waals surface area contributed by atoms with Crippen LogP contribution in [0.2, 0.25) is 5.15 Å². The lowest BCUT2D eigenvalue weighted by Crippen LogP contribution is -2.11. The lowest BCUT2D eigenvalue weighted by Gasteiger charge is -2.20. The van der Waals surface area contributed by atoms with E-state index >= 15 is 0 Å². The molecule has 0 radical (unpaired) electrons. The first kappa shape index (κ1) is 13.9. The van der Waals surface area contributed by atoms with E-state index in [4.69, 9.17) is 11.6 Å². The number of rotatable bonds is 3. The molecule has 0 amide bonds. The lowest BCUT2D eigenvalue weighted by molar-refractivity contribution is 0.853. The molecule has 1 atom stereocenters. The number of nitrogens with zero attached hydrogens (tertiary/aromatic N) is 1. The Balaban J connectivity index is 2.28. The van der Waals surface area contributed by atoms with E-state index in [1.807, 2.05) is 12.1 Å². The number of aromatic nitrogens is 1. The van der Waals surface area contributed by atoms with Gasteiger partial charge in [-0.2, -0.15) is 0 Å². The van der Waals surface area contributed by atoms with Gasteiger partial charge in [0.15, 0.2) is 0 Å². The molecule has 2 aromatic rings. The van der Waals surface area contributed by atoms with Gasteiger partial charge in [0.05, 0.1) is 6.04 Å². The molecule has 1 aromatic heterocycles. The van der Waals surface area contributed by atoms with Crippen LogP contribution < -0.4 is 5.32 Å². The molecule has 2 rings (SSSR count). The summed E-state index contributed by atoms with van der Waals surface area (Å²) in [5.41, 5.74) is 5.23. The van der Waals surface area contributed by atoms with Crippen molar-refractivity contribution in [1.29, 1.82) is 0 Å². The molecule has 0 aliphatic carbocycles. The topological polar surface area (TPSA) is 24.9 Å². The van der Waals surface area contributed by atoms with Gasteiger partial charge in [0, 0.05) is 0 Å². The molecule has 1 aromatic carbocycles. The van der Waals surface area contributed by atoms with Crippen LogP contribution in [0.4, 0.5) is 5.82 Å². The molecule has 0 fully saturated rings. The molecule has 0 saturated heterocycles. The molecule has 1 unspecified atom stereocenters. The van der Waals surface area contributed by atoms with Crippen LogP contribution in [-0.4, -0.2) is 4.98 Å². The number of pyridine rings is 1. The highest BCUT2D eigenvalue weighted by atomic mass is 35.5. The molecule has 100 valence electrons. The third kappa shape index (κ3) is 3.27. The fraction of sp³-hybridized carbons (Fsp3) is 0.312. The smallest absolute Gasteiger partial charge is 0.131 e. The average Bonchev–Trinajstić information content (AvgIpc) is 2.27. The number of hydrogen-bond donors (Lipinski definition) is 1. The number of anilines is 1. The highest BCUT2D eigenvalue weighted by molar-refractivity contribution is 6.29. The number of halogens is 1. The van der Waals surface area contributed by atoms with Crippen molar-refractivity contribution in [3.05, 3.63) is 57.7 Å². The van der Waals surface area contributed by atoms with Gasteiger partial charge in [0.25, 0.3) is 0 Å². The van der Waals surface area contributed by atoms with E-state index in [2.05, 4.69) is 50.1 Å². The molecule has 0 saturated carbocycles. The molecule has 2 nitrogen and oxygen atoms in total. The Hall–Kier alpha value is -1.54. The molecule has 1 heterocycles. The minimum Gasteiger partial charge on any atom is -0.363 e. The zero-order valence-electron chi connectivity index (χ0n) is 11.8. The summed E-state index contributed by atoms with van der Waals surface area (Å²) in [4.78, 5) is 4.27. The molecule has 0 aliphatic rings.